The van der Waals surface area contributed by atoms with Crippen molar-refractivity contribution in [3.63, 3.8) is 0 Å². The summed E-state index contributed by atoms with van der Waals surface area (Å²) in [4.78, 5) is 23.8. The van der Waals surface area contributed by atoms with Gasteiger partial charge in [0.1, 0.15) is 17.9 Å². The third-order valence-corrected chi connectivity index (χ3v) is 4.33. The Labute approximate surface area is 156 Å². The average Bonchev–Trinajstić information content (AvgIpc) is 2.96. The normalized spacial score (nSPS) is 10.6. The maximum Gasteiger partial charge on any atom is 0.342 e. The summed E-state index contributed by atoms with van der Waals surface area (Å²) >= 11 is 0. The van der Waals surface area contributed by atoms with Crippen LogP contribution < -0.4 is 0 Å². The van der Waals surface area contributed by atoms with Gasteiger partial charge in [0.2, 0.25) is 0 Å². The molecule has 0 aliphatic carbocycles. The monoisotopic (exact) mass is 365 g/mol. The van der Waals surface area contributed by atoms with Crippen molar-refractivity contribution in [2.24, 2.45) is 0 Å². The molecule has 0 saturated heterocycles. The zero-order chi connectivity index (χ0) is 19.6. The summed E-state index contributed by atoms with van der Waals surface area (Å²) < 4.78 is 7.01. The second-order valence-corrected chi connectivity index (χ2v) is 6.19. The van der Waals surface area contributed by atoms with Crippen LogP contribution in [0, 0.1) is 13.8 Å². The molecular weight excluding hydrogens is 346 g/mol. The number of hydrogen-bond donors (Lipinski definition) is 2. The Balaban J connectivity index is 1.91. The number of esters is 1. The SMILES string of the molecule is Cc1cc(C(=O)O)c(C)n1-c1ccc(O)c(C(=O)OCc2ccccc2)c1. The van der Waals surface area contributed by atoms with Crippen LogP contribution in [-0.2, 0) is 11.3 Å². The van der Waals surface area contributed by atoms with Gasteiger partial charge in [0.05, 0.1) is 5.56 Å². The fraction of sp³-hybridized carbons (Fsp3) is 0.143. The Morgan fingerprint density at radius 3 is 2.33 bits per heavy atom. The van der Waals surface area contributed by atoms with Gasteiger partial charge in [-0.1, -0.05) is 30.3 Å². The molecule has 0 fully saturated rings. The molecule has 2 N–H and O–H groups in total. The summed E-state index contributed by atoms with van der Waals surface area (Å²) in [5, 5.41) is 19.4. The Kier molecular flexibility index (Phi) is 4.98. The molecule has 0 spiro atoms. The molecule has 27 heavy (non-hydrogen) atoms. The number of carboxylic acid groups (broad SMARTS) is 1. The third-order valence-electron chi connectivity index (χ3n) is 4.33. The highest BCUT2D eigenvalue weighted by atomic mass is 16.5. The summed E-state index contributed by atoms with van der Waals surface area (Å²) in [6.45, 7) is 3.56. The number of aryl methyl sites for hydroxylation is 1. The molecule has 2 aromatic carbocycles. The summed E-state index contributed by atoms with van der Waals surface area (Å²) in [6, 6.07) is 15.3. The third kappa shape index (κ3) is 3.69. The smallest absolute Gasteiger partial charge is 0.342 e. The number of carbonyl (C=O) groups excluding carboxylic acids is 1. The van der Waals surface area contributed by atoms with Crippen LogP contribution in [0.15, 0.2) is 54.6 Å². The van der Waals surface area contributed by atoms with Crippen molar-refractivity contribution in [1.82, 2.24) is 4.57 Å². The van der Waals surface area contributed by atoms with E-state index in [1.54, 1.807) is 30.5 Å². The molecule has 138 valence electrons. The minimum absolute atomic E-state index is 0.0211. The van der Waals surface area contributed by atoms with E-state index in [2.05, 4.69) is 0 Å². The van der Waals surface area contributed by atoms with Gasteiger partial charge in [-0.25, -0.2) is 9.59 Å². The van der Waals surface area contributed by atoms with E-state index in [0.29, 0.717) is 17.1 Å². The minimum Gasteiger partial charge on any atom is -0.507 e. The van der Waals surface area contributed by atoms with Gasteiger partial charge >= 0.3 is 11.9 Å². The van der Waals surface area contributed by atoms with E-state index in [4.69, 9.17) is 4.74 Å². The Hall–Kier alpha value is -3.54. The van der Waals surface area contributed by atoms with Crippen LogP contribution in [0.2, 0.25) is 0 Å². The van der Waals surface area contributed by atoms with E-state index in [9.17, 15) is 19.8 Å². The molecule has 0 saturated carbocycles. The van der Waals surface area contributed by atoms with E-state index < -0.39 is 11.9 Å². The van der Waals surface area contributed by atoms with Crippen molar-refractivity contribution >= 4 is 11.9 Å². The Bertz CT molecular complexity index is 1000. The maximum absolute atomic E-state index is 12.4. The zero-order valence-corrected chi connectivity index (χ0v) is 15.0. The minimum atomic E-state index is -1.02. The second kappa shape index (κ2) is 7.37. The summed E-state index contributed by atoms with van der Waals surface area (Å²) in [6.07, 6.45) is 0. The topological polar surface area (TPSA) is 88.8 Å². The highest BCUT2D eigenvalue weighted by molar-refractivity contribution is 5.93. The van der Waals surface area contributed by atoms with Gasteiger partial charge in [-0.2, -0.15) is 0 Å². The maximum atomic E-state index is 12.4. The van der Waals surface area contributed by atoms with E-state index in [-0.39, 0.29) is 23.5 Å². The molecule has 0 radical (unpaired) electrons. The van der Waals surface area contributed by atoms with Crippen molar-refractivity contribution in [3.8, 4) is 11.4 Å². The fourth-order valence-corrected chi connectivity index (χ4v) is 3.00. The lowest BCUT2D eigenvalue weighted by Gasteiger charge is -2.12. The number of phenolic OH excluding ortho intramolecular Hbond substituents is 1. The number of carboxylic acids is 1. The number of ether oxygens (including phenoxy) is 1. The van der Waals surface area contributed by atoms with Crippen LogP contribution in [0.5, 0.6) is 5.75 Å². The molecule has 0 bridgehead atoms. The number of rotatable bonds is 5. The average molecular weight is 365 g/mol. The summed E-state index contributed by atoms with van der Waals surface area (Å²) in [5.41, 5.74) is 2.86. The highest BCUT2D eigenvalue weighted by Gasteiger charge is 2.19. The number of benzene rings is 2. The molecular formula is C21H19NO5. The lowest BCUT2D eigenvalue weighted by molar-refractivity contribution is 0.0469. The fourth-order valence-electron chi connectivity index (χ4n) is 3.00. The van der Waals surface area contributed by atoms with Crippen molar-refractivity contribution in [3.05, 3.63) is 82.7 Å². The number of carbonyl (C=O) groups is 2. The molecule has 6 heteroatoms. The number of nitrogens with zero attached hydrogens (tertiary/aromatic N) is 1. The number of phenols is 1. The van der Waals surface area contributed by atoms with Gasteiger partial charge < -0.3 is 19.5 Å². The van der Waals surface area contributed by atoms with Gasteiger partial charge in [-0.05, 0) is 43.7 Å². The van der Waals surface area contributed by atoms with Gasteiger partial charge in [-0.3, -0.25) is 0 Å². The zero-order valence-electron chi connectivity index (χ0n) is 15.0. The number of hydrogen-bond acceptors (Lipinski definition) is 4. The molecule has 3 rings (SSSR count). The van der Waals surface area contributed by atoms with E-state index in [1.165, 1.54) is 12.1 Å². The summed E-state index contributed by atoms with van der Waals surface area (Å²) in [7, 11) is 0. The van der Waals surface area contributed by atoms with Crippen molar-refractivity contribution < 1.29 is 24.5 Å². The number of aromatic carboxylic acids is 1. The van der Waals surface area contributed by atoms with Crippen LogP contribution in [0.4, 0.5) is 0 Å². The molecule has 1 heterocycles. The lowest BCUT2D eigenvalue weighted by Crippen LogP contribution is -2.08. The highest BCUT2D eigenvalue weighted by Crippen LogP contribution is 2.26. The molecule has 0 aliphatic rings. The van der Waals surface area contributed by atoms with Gasteiger partial charge in [0, 0.05) is 17.1 Å². The molecule has 0 unspecified atom stereocenters. The standard InChI is InChI=1S/C21H19NO5/c1-13-10-17(20(24)25)14(2)22(13)16-8-9-19(23)18(11-16)21(26)27-12-15-6-4-3-5-7-15/h3-11,23H,12H2,1-2H3,(H,24,25). The van der Waals surface area contributed by atoms with Gasteiger partial charge in [-0.15, -0.1) is 0 Å². The molecule has 1 aromatic heterocycles. The van der Waals surface area contributed by atoms with Crippen molar-refractivity contribution in [1.29, 1.82) is 0 Å². The van der Waals surface area contributed by atoms with Crippen LogP contribution in [-0.4, -0.2) is 26.7 Å². The Morgan fingerprint density at radius 1 is 1.00 bits per heavy atom. The first-order valence-corrected chi connectivity index (χ1v) is 8.35. The molecule has 0 amide bonds. The Morgan fingerprint density at radius 2 is 1.70 bits per heavy atom. The number of aromatic nitrogens is 1. The predicted molar refractivity (Wildman–Crippen MR) is 99.4 cm³/mol. The van der Waals surface area contributed by atoms with E-state index in [1.807, 2.05) is 30.3 Å². The predicted octanol–water partition coefficient (Wildman–Crippen LogP) is 3.85. The van der Waals surface area contributed by atoms with Crippen LogP contribution in [0.25, 0.3) is 5.69 Å². The quantitative estimate of drug-likeness (QED) is 0.670. The first-order valence-electron chi connectivity index (χ1n) is 8.35. The van der Waals surface area contributed by atoms with E-state index >= 15 is 0 Å². The van der Waals surface area contributed by atoms with Crippen molar-refractivity contribution in [2.75, 3.05) is 0 Å². The first kappa shape index (κ1) is 18.3. The number of aromatic hydroxyl groups is 1. The van der Waals surface area contributed by atoms with Crippen LogP contribution in [0.1, 0.15) is 37.7 Å². The lowest BCUT2D eigenvalue weighted by atomic mass is 10.1. The van der Waals surface area contributed by atoms with Gasteiger partial charge in [0.25, 0.3) is 0 Å². The molecule has 6 nitrogen and oxygen atoms in total. The van der Waals surface area contributed by atoms with E-state index in [0.717, 1.165) is 5.56 Å². The van der Waals surface area contributed by atoms with Crippen molar-refractivity contribution in [2.45, 2.75) is 20.5 Å². The van der Waals surface area contributed by atoms with Crippen LogP contribution >= 0.6 is 0 Å². The molecule has 0 aliphatic heterocycles. The van der Waals surface area contributed by atoms with Crippen LogP contribution in [0.3, 0.4) is 0 Å². The largest absolute Gasteiger partial charge is 0.507 e. The molecule has 0 atom stereocenters. The van der Waals surface area contributed by atoms with Gasteiger partial charge in [0.15, 0.2) is 0 Å². The molecule has 3 aromatic rings. The second-order valence-electron chi connectivity index (χ2n) is 6.19. The first-order chi connectivity index (χ1) is 12.9. The summed E-state index contributed by atoms with van der Waals surface area (Å²) in [5.74, 6) is -1.87.